The van der Waals surface area contributed by atoms with Crippen LogP contribution >= 0.6 is 23.7 Å². The number of carbonyl (C=O) groups excluding carboxylic acids is 1. The number of hydrogen-bond acceptors (Lipinski definition) is 4. The Hall–Kier alpha value is -0.620. The Kier molecular flexibility index (Phi) is 8.14. The van der Waals surface area contributed by atoms with E-state index in [2.05, 4.69) is 27.7 Å². The number of rotatable bonds is 6. The zero-order valence-corrected chi connectivity index (χ0v) is 13.3. The number of hydrogen-bond donors (Lipinski definition) is 2. The average Bonchev–Trinajstić information content (AvgIpc) is 2.91. The third-order valence-corrected chi connectivity index (χ3v) is 4.46. The van der Waals surface area contributed by atoms with Crippen LogP contribution in [0.15, 0.2) is 17.5 Å². The molecule has 1 fully saturated rings. The van der Waals surface area contributed by atoms with Gasteiger partial charge in [0.1, 0.15) is 0 Å². The first kappa shape index (κ1) is 17.4. The molecule has 114 valence electrons. The molecule has 1 aromatic rings. The number of thiophene rings is 1. The second kappa shape index (κ2) is 9.34. The molecule has 2 rings (SSSR count). The summed E-state index contributed by atoms with van der Waals surface area (Å²) in [6.45, 7) is 3.32. The minimum atomic E-state index is 0. The zero-order chi connectivity index (χ0) is 13.5. The standard InChI is InChI=1S/C14H23N3OS.ClH/c15-7-6-14(18)16-10-12-4-1-2-8-17(12)11-13-5-3-9-19-13;/h3,5,9,12H,1-2,4,6-8,10-11,15H2,(H,16,18);1H. The third-order valence-electron chi connectivity index (χ3n) is 3.59. The summed E-state index contributed by atoms with van der Waals surface area (Å²) in [4.78, 5) is 15.4. The van der Waals surface area contributed by atoms with Gasteiger partial charge in [0.25, 0.3) is 0 Å². The van der Waals surface area contributed by atoms with Crippen LogP contribution in [0.1, 0.15) is 30.6 Å². The Morgan fingerprint density at radius 2 is 2.35 bits per heavy atom. The molecule has 1 saturated heterocycles. The molecule has 2 heterocycles. The van der Waals surface area contributed by atoms with Gasteiger partial charge in [-0.1, -0.05) is 12.5 Å². The van der Waals surface area contributed by atoms with Gasteiger partial charge in [-0.3, -0.25) is 9.69 Å². The van der Waals surface area contributed by atoms with Gasteiger partial charge in [-0.05, 0) is 30.8 Å². The van der Waals surface area contributed by atoms with Gasteiger partial charge < -0.3 is 11.1 Å². The summed E-state index contributed by atoms with van der Waals surface area (Å²) < 4.78 is 0. The van der Waals surface area contributed by atoms with Crippen LogP contribution in [0, 0.1) is 0 Å². The van der Waals surface area contributed by atoms with Crippen molar-refractivity contribution in [2.75, 3.05) is 19.6 Å². The molecule has 6 heteroatoms. The van der Waals surface area contributed by atoms with E-state index < -0.39 is 0 Å². The molecule has 3 N–H and O–H groups in total. The van der Waals surface area contributed by atoms with Crippen molar-refractivity contribution in [1.82, 2.24) is 10.2 Å². The first-order valence-corrected chi connectivity index (χ1v) is 7.91. The highest BCUT2D eigenvalue weighted by molar-refractivity contribution is 7.09. The summed E-state index contributed by atoms with van der Waals surface area (Å²) in [6.07, 6.45) is 4.13. The fourth-order valence-corrected chi connectivity index (χ4v) is 3.28. The Labute approximate surface area is 131 Å². The summed E-state index contributed by atoms with van der Waals surface area (Å²) in [5.41, 5.74) is 5.39. The molecule has 1 aliphatic rings. The minimum Gasteiger partial charge on any atom is -0.354 e. The lowest BCUT2D eigenvalue weighted by Crippen LogP contribution is -2.46. The number of nitrogens with two attached hydrogens (primary N) is 1. The van der Waals surface area contributed by atoms with Gasteiger partial charge in [0.2, 0.25) is 5.91 Å². The van der Waals surface area contributed by atoms with Crippen LogP contribution in [0.4, 0.5) is 0 Å². The van der Waals surface area contributed by atoms with E-state index in [0.717, 1.165) is 19.6 Å². The van der Waals surface area contributed by atoms with E-state index in [0.29, 0.717) is 19.0 Å². The third kappa shape index (κ3) is 5.40. The number of nitrogens with zero attached hydrogens (tertiary/aromatic N) is 1. The van der Waals surface area contributed by atoms with E-state index in [1.807, 2.05) is 0 Å². The van der Waals surface area contributed by atoms with Crippen molar-refractivity contribution in [3.05, 3.63) is 22.4 Å². The zero-order valence-electron chi connectivity index (χ0n) is 11.7. The molecule has 20 heavy (non-hydrogen) atoms. The van der Waals surface area contributed by atoms with Gasteiger partial charge in [-0.25, -0.2) is 0 Å². The minimum absolute atomic E-state index is 0. The molecular formula is C14H24ClN3OS. The molecule has 1 unspecified atom stereocenters. The fraction of sp³-hybridized carbons (Fsp3) is 0.643. The summed E-state index contributed by atoms with van der Waals surface area (Å²) >= 11 is 1.81. The number of halogens is 1. The summed E-state index contributed by atoms with van der Waals surface area (Å²) in [7, 11) is 0. The summed E-state index contributed by atoms with van der Waals surface area (Å²) in [6, 6.07) is 4.75. The van der Waals surface area contributed by atoms with Crippen molar-refractivity contribution in [3.8, 4) is 0 Å². The van der Waals surface area contributed by atoms with Gasteiger partial charge in [0, 0.05) is 37.0 Å². The predicted molar refractivity (Wildman–Crippen MR) is 86.3 cm³/mol. The van der Waals surface area contributed by atoms with E-state index in [4.69, 9.17) is 5.73 Å². The van der Waals surface area contributed by atoms with E-state index in [-0.39, 0.29) is 18.3 Å². The van der Waals surface area contributed by atoms with E-state index in [1.54, 1.807) is 11.3 Å². The molecule has 0 saturated carbocycles. The van der Waals surface area contributed by atoms with Crippen molar-refractivity contribution in [2.45, 2.75) is 38.3 Å². The van der Waals surface area contributed by atoms with Crippen LogP contribution in [0.5, 0.6) is 0 Å². The van der Waals surface area contributed by atoms with Crippen molar-refractivity contribution >= 4 is 29.7 Å². The molecule has 1 aromatic heterocycles. The Morgan fingerprint density at radius 3 is 3.05 bits per heavy atom. The molecular weight excluding hydrogens is 294 g/mol. The average molecular weight is 318 g/mol. The highest BCUT2D eigenvalue weighted by atomic mass is 35.5. The maximum Gasteiger partial charge on any atom is 0.221 e. The Balaban J connectivity index is 0.00000200. The van der Waals surface area contributed by atoms with Crippen LogP contribution in [0.25, 0.3) is 0 Å². The van der Waals surface area contributed by atoms with Crippen LogP contribution in [0.2, 0.25) is 0 Å². The highest BCUT2D eigenvalue weighted by Crippen LogP contribution is 2.21. The summed E-state index contributed by atoms with van der Waals surface area (Å²) in [5, 5.41) is 5.13. The SMILES string of the molecule is Cl.NCCC(=O)NCC1CCCCN1Cc1cccs1. The topological polar surface area (TPSA) is 58.4 Å². The maximum atomic E-state index is 11.5. The van der Waals surface area contributed by atoms with Crippen LogP contribution in [0.3, 0.4) is 0 Å². The van der Waals surface area contributed by atoms with Gasteiger partial charge >= 0.3 is 0 Å². The number of carbonyl (C=O) groups is 1. The second-order valence-electron chi connectivity index (χ2n) is 5.04. The number of piperidine rings is 1. The normalized spacial score (nSPS) is 19.4. The fourth-order valence-electron chi connectivity index (χ4n) is 2.55. The molecule has 0 bridgehead atoms. The van der Waals surface area contributed by atoms with Crippen LogP contribution in [-0.4, -0.2) is 36.5 Å². The van der Waals surface area contributed by atoms with Crippen molar-refractivity contribution < 1.29 is 4.79 Å². The van der Waals surface area contributed by atoms with Crippen molar-refractivity contribution in [1.29, 1.82) is 0 Å². The summed E-state index contributed by atoms with van der Waals surface area (Å²) in [5.74, 6) is 0.0733. The lowest BCUT2D eigenvalue weighted by molar-refractivity contribution is -0.121. The molecule has 0 spiro atoms. The lowest BCUT2D eigenvalue weighted by Gasteiger charge is -2.35. The molecule has 1 atom stereocenters. The highest BCUT2D eigenvalue weighted by Gasteiger charge is 2.22. The van der Waals surface area contributed by atoms with Gasteiger partial charge in [-0.2, -0.15) is 0 Å². The number of likely N-dealkylation sites (tertiary alicyclic amines) is 1. The monoisotopic (exact) mass is 317 g/mol. The molecule has 1 amide bonds. The molecule has 4 nitrogen and oxygen atoms in total. The van der Waals surface area contributed by atoms with E-state index in [9.17, 15) is 4.79 Å². The second-order valence-corrected chi connectivity index (χ2v) is 6.07. The predicted octanol–water partition coefficient (Wildman–Crippen LogP) is 1.99. The maximum absolute atomic E-state index is 11.5. The molecule has 0 aliphatic carbocycles. The Bertz CT molecular complexity index is 386. The first-order valence-electron chi connectivity index (χ1n) is 7.03. The molecule has 0 radical (unpaired) electrons. The number of nitrogens with one attached hydrogen (secondary N) is 1. The lowest BCUT2D eigenvalue weighted by atomic mass is 10.0. The van der Waals surface area contributed by atoms with Crippen molar-refractivity contribution in [3.63, 3.8) is 0 Å². The van der Waals surface area contributed by atoms with Crippen LogP contribution < -0.4 is 11.1 Å². The van der Waals surface area contributed by atoms with Crippen LogP contribution in [-0.2, 0) is 11.3 Å². The molecule has 1 aliphatic heterocycles. The quantitative estimate of drug-likeness (QED) is 0.843. The Morgan fingerprint density at radius 1 is 1.50 bits per heavy atom. The molecule has 0 aromatic carbocycles. The van der Waals surface area contributed by atoms with Gasteiger partial charge in [-0.15, -0.1) is 23.7 Å². The van der Waals surface area contributed by atoms with Crippen molar-refractivity contribution in [2.24, 2.45) is 5.73 Å². The smallest absolute Gasteiger partial charge is 0.221 e. The number of amides is 1. The van der Waals surface area contributed by atoms with E-state index >= 15 is 0 Å². The van der Waals surface area contributed by atoms with Gasteiger partial charge in [0.05, 0.1) is 0 Å². The van der Waals surface area contributed by atoms with Gasteiger partial charge in [0.15, 0.2) is 0 Å². The largest absolute Gasteiger partial charge is 0.354 e. The first-order chi connectivity index (χ1) is 9.29. The van der Waals surface area contributed by atoms with E-state index in [1.165, 1.54) is 24.1 Å².